The predicted molar refractivity (Wildman–Crippen MR) is 128 cm³/mol. The summed E-state index contributed by atoms with van der Waals surface area (Å²) in [6.07, 6.45) is 0.941. The molecule has 0 amide bonds. The average Bonchev–Trinajstić information content (AvgIpc) is 3.03. The molecule has 0 bridgehead atoms. The standard InChI is InChI=1S/C19H28N4O2S2.HI/c1-14(12-17-9-6-15(2)26-17)22-19(20-3)21-13-16-7-10-18(11-8-16)27(24,25)23(4)5;/h6-11,14H,12-13H2,1-5H3,(H2,20,21,22);1H. The van der Waals surface area contributed by atoms with Gasteiger partial charge in [-0.3, -0.25) is 4.99 Å². The van der Waals surface area contributed by atoms with E-state index in [0.29, 0.717) is 11.4 Å². The number of nitrogens with zero attached hydrogens (tertiary/aromatic N) is 2. The van der Waals surface area contributed by atoms with Crippen molar-refractivity contribution in [3.63, 3.8) is 0 Å². The first-order valence-electron chi connectivity index (χ1n) is 8.76. The van der Waals surface area contributed by atoms with Crippen molar-refractivity contribution >= 4 is 51.3 Å². The summed E-state index contributed by atoms with van der Waals surface area (Å²) >= 11 is 1.81. The topological polar surface area (TPSA) is 73.8 Å². The zero-order chi connectivity index (χ0) is 20.0. The van der Waals surface area contributed by atoms with Crippen molar-refractivity contribution in [3.05, 3.63) is 51.7 Å². The lowest BCUT2D eigenvalue weighted by atomic mass is 10.2. The Balaban J connectivity index is 0.00000392. The molecule has 1 aromatic carbocycles. The Labute approximate surface area is 189 Å². The summed E-state index contributed by atoms with van der Waals surface area (Å²) in [7, 11) is 1.40. The van der Waals surface area contributed by atoms with Crippen LogP contribution in [0.2, 0.25) is 0 Å². The van der Waals surface area contributed by atoms with Gasteiger partial charge in [0.2, 0.25) is 10.0 Å². The summed E-state index contributed by atoms with van der Waals surface area (Å²) in [4.78, 5) is 7.22. The minimum Gasteiger partial charge on any atom is -0.354 e. The molecule has 156 valence electrons. The molecule has 0 aliphatic heterocycles. The molecule has 0 aliphatic carbocycles. The molecule has 1 unspecified atom stereocenters. The molecule has 1 atom stereocenters. The van der Waals surface area contributed by atoms with Crippen molar-refractivity contribution < 1.29 is 8.42 Å². The summed E-state index contributed by atoms with van der Waals surface area (Å²) in [6.45, 7) is 4.80. The number of sulfonamides is 1. The average molecular weight is 537 g/mol. The number of rotatable bonds is 7. The first-order chi connectivity index (χ1) is 12.7. The highest BCUT2D eigenvalue weighted by atomic mass is 127. The number of hydrogen-bond acceptors (Lipinski definition) is 4. The second-order valence-electron chi connectivity index (χ2n) is 6.62. The molecule has 0 aliphatic rings. The van der Waals surface area contributed by atoms with E-state index in [1.807, 2.05) is 23.5 Å². The predicted octanol–water partition coefficient (Wildman–Crippen LogP) is 3.22. The van der Waals surface area contributed by atoms with Crippen LogP contribution in [-0.4, -0.2) is 45.9 Å². The molecule has 2 N–H and O–H groups in total. The maximum absolute atomic E-state index is 12.1. The van der Waals surface area contributed by atoms with E-state index in [1.165, 1.54) is 28.2 Å². The van der Waals surface area contributed by atoms with Crippen LogP contribution in [0.25, 0.3) is 0 Å². The largest absolute Gasteiger partial charge is 0.354 e. The van der Waals surface area contributed by atoms with E-state index in [1.54, 1.807) is 19.2 Å². The van der Waals surface area contributed by atoms with Gasteiger partial charge in [-0.1, -0.05) is 12.1 Å². The normalized spacial score (nSPS) is 13.1. The van der Waals surface area contributed by atoms with Gasteiger partial charge in [-0.25, -0.2) is 12.7 Å². The first-order valence-corrected chi connectivity index (χ1v) is 11.0. The van der Waals surface area contributed by atoms with E-state index in [4.69, 9.17) is 0 Å². The number of aryl methyl sites for hydroxylation is 1. The minimum absolute atomic E-state index is 0. The number of guanidine groups is 1. The number of thiophene rings is 1. The van der Waals surface area contributed by atoms with E-state index in [2.05, 4.69) is 41.6 Å². The van der Waals surface area contributed by atoms with E-state index >= 15 is 0 Å². The quantitative estimate of drug-likeness (QED) is 0.324. The third kappa shape index (κ3) is 7.02. The fraction of sp³-hybridized carbons (Fsp3) is 0.421. The number of benzene rings is 1. The molecule has 1 aromatic heterocycles. The summed E-state index contributed by atoms with van der Waals surface area (Å²) in [5.74, 6) is 0.723. The smallest absolute Gasteiger partial charge is 0.242 e. The first kappa shape index (κ1) is 24.9. The highest BCUT2D eigenvalue weighted by Crippen LogP contribution is 2.17. The van der Waals surface area contributed by atoms with Gasteiger partial charge in [-0.2, -0.15) is 0 Å². The highest BCUT2D eigenvalue weighted by Gasteiger charge is 2.16. The number of aliphatic imine (C=N–C) groups is 1. The van der Waals surface area contributed by atoms with Gasteiger partial charge in [0, 0.05) is 49.9 Å². The third-order valence-electron chi connectivity index (χ3n) is 4.07. The monoisotopic (exact) mass is 536 g/mol. The van der Waals surface area contributed by atoms with Crippen LogP contribution >= 0.6 is 35.3 Å². The highest BCUT2D eigenvalue weighted by molar-refractivity contribution is 14.0. The van der Waals surface area contributed by atoms with Crippen LogP contribution in [0.4, 0.5) is 0 Å². The molecule has 28 heavy (non-hydrogen) atoms. The lowest BCUT2D eigenvalue weighted by Gasteiger charge is -2.17. The molecular formula is C19H29IN4O2S2. The van der Waals surface area contributed by atoms with Crippen molar-refractivity contribution in [1.82, 2.24) is 14.9 Å². The zero-order valence-electron chi connectivity index (χ0n) is 16.9. The molecule has 2 aromatic rings. The maximum atomic E-state index is 12.1. The van der Waals surface area contributed by atoms with Crippen molar-refractivity contribution in [1.29, 1.82) is 0 Å². The number of nitrogens with one attached hydrogen (secondary N) is 2. The van der Waals surface area contributed by atoms with E-state index in [9.17, 15) is 8.42 Å². The molecular weight excluding hydrogens is 507 g/mol. The Morgan fingerprint density at radius 1 is 1.18 bits per heavy atom. The van der Waals surface area contributed by atoms with Gasteiger partial charge in [0.15, 0.2) is 5.96 Å². The van der Waals surface area contributed by atoms with E-state index in [0.717, 1.165) is 17.9 Å². The van der Waals surface area contributed by atoms with Crippen LogP contribution in [0.1, 0.15) is 22.2 Å². The third-order valence-corrected chi connectivity index (χ3v) is 6.92. The fourth-order valence-corrected chi connectivity index (χ4v) is 4.47. The fourth-order valence-electron chi connectivity index (χ4n) is 2.55. The zero-order valence-corrected chi connectivity index (χ0v) is 20.9. The molecule has 0 spiro atoms. The van der Waals surface area contributed by atoms with Crippen LogP contribution < -0.4 is 10.6 Å². The Morgan fingerprint density at radius 3 is 2.32 bits per heavy atom. The molecule has 2 rings (SSSR count). The van der Waals surface area contributed by atoms with Gasteiger partial charge in [0.05, 0.1) is 4.90 Å². The Morgan fingerprint density at radius 2 is 1.82 bits per heavy atom. The summed E-state index contributed by atoms with van der Waals surface area (Å²) < 4.78 is 25.4. The number of halogens is 1. The van der Waals surface area contributed by atoms with Gasteiger partial charge in [-0.15, -0.1) is 35.3 Å². The van der Waals surface area contributed by atoms with Gasteiger partial charge in [0.1, 0.15) is 0 Å². The van der Waals surface area contributed by atoms with Gasteiger partial charge >= 0.3 is 0 Å². The van der Waals surface area contributed by atoms with Crippen molar-refractivity contribution in [2.45, 2.75) is 37.8 Å². The Bertz CT molecular complexity index is 878. The molecule has 9 heteroatoms. The molecule has 0 saturated heterocycles. The lowest BCUT2D eigenvalue weighted by Crippen LogP contribution is -2.42. The van der Waals surface area contributed by atoms with Crippen LogP contribution in [-0.2, 0) is 23.0 Å². The van der Waals surface area contributed by atoms with Crippen LogP contribution in [0.5, 0.6) is 0 Å². The van der Waals surface area contributed by atoms with Crippen molar-refractivity contribution in [3.8, 4) is 0 Å². The molecule has 0 saturated carbocycles. The maximum Gasteiger partial charge on any atom is 0.242 e. The van der Waals surface area contributed by atoms with Crippen molar-refractivity contribution in [2.75, 3.05) is 21.1 Å². The number of hydrogen-bond donors (Lipinski definition) is 2. The Hall–Kier alpha value is -1.17. The van der Waals surface area contributed by atoms with Gasteiger partial charge in [-0.05, 0) is 43.7 Å². The van der Waals surface area contributed by atoms with E-state index in [-0.39, 0.29) is 30.0 Å². The minimum atomic E-state index is -3.40. The van der Waals surface area contributed by atoms with E-state index < -0.39 is 10.0 Å². The Kier molecular flexibility index (Phi) is 9.88. The summed E-state index contributed by atoms with van der Waals surface area (Å²) in [5.41, 5.74) is 0.984. The van der Waals surface area contributed by atoms with Gasteiger partial charge < -0.3 is 10.6 Å². The molecule has 0 fully saturated rings. The molecule has 0 radical (unpaired) electrons. The second-order valence-corrected chi connectivity index (χ2v) is 10.1. The van der Waals surface area contributed by atoms with Crippen LogP contribution in [0.3, 0.4) is 0 Å². The van der Waals surface area contributed by atoms with Crippen molar-refractivity contribution in [2.24, 2.45) is 4.99 Å². The van der Waals surface area contributed by atoms with Crippen LogP contribution in [0, 0.1) is 6.92 Å². The summed E-state index contributed by atoms with van der Waals surface area (Å²) in [6, 6.07) is 11.4. The molecule has 1 heterocycles. The van der Waals surface area contributed by atoms with Crippen LogP contribution in [0.15, 0.2) is 46.3 Å². The lowest BCUT2D eigenvalue weighted by molar-refractivity contribution is 0.520. The second kappa shape index (κ2) is 11.1. The molecule has 6 nitrogen and oxygen atoms in total. The summed E-state index contributed by atoms with van der Waals surface area (Å²) in [5, 5.41) is 6.66. The SMILES string of the molecule is CN=C(NCc1ccc(S(=O)(=O)N(C)C)cc1)NC(C)Cc1ccc(C)s1.I. The van der Waals surface area contributed by atoms with Gasteiger partial charge in [0.25, 0.3) is 0 Å².